The normalized spacial score (nSPS) is 13.3. The number of nitrogens with zero attached hydrogens (tertiary/aromatic N) is 2. The Hall–Kier alpha value is -7.88. The van der Waals surface area contributed by atoms with E-state index in [1.54, 1.807) is 0 Å². The molecule has 2 aliphatic rings. The van der Waals surface area contributed by atoms with Gasteiger partial charge in [0.25, 0.3) is 0 Å². The molecular formula is C57H36N2O. The molecule has 1 spiro atoms. The Labute approximate surface area is 347 Å². The molecule has 280 valence electrons. The van der Waals surface area contributed by atoms with Gasteiger partial charge in [-0.15, -0.1) is 0 Å². The van der Waals surface area contributed by atoms with Crippen molar-refractivity contribution >= 4 is 60.4 Å². The van der Waals surface area contributed by atoms with Gasteiger partial charge >= 0.3 is 0 Å². The van der Waals surface area contributed by atoms with E-state index in [9.17, 15) is 0 Å². The van der Waals surface area contributed by atoms with E-state index in [0.29, 0.717) is 0 Å². The third kappa shape index (κ3) is 4.44. The molecule has 13 rings (SSSR count). The second kappa shape index (κ2) is 12.6. The lowest BCUT2D eigenvalue weighted by atomic mass is 9.58. The molecule has 0 bridgehead atoms. The monoisotopic (exact) mass is 764 g/mol. The first-order valence-electron chi connectivity index (χ1n) is 20.7. The van der Waals surface area contributed by atoms with Gasteiger partial charge in [0, 0.05) is 44.0 Å². The number of hydrogen-bond acceptors (Lipinski definition) is 2. The van der Waals surface area contributed by atoms with Gasteiger partial charge in [0.1, 0.15) is 11.5 Å². The SMILES string of the molecule is c1ccc(-n2c3ccccc3c3ccc(N(c4cccc5ccccc45)c4ccc5c6c(cccc46)C4(c6ccccc6Oc6ccccc64)c4ccccc4-5)cc32)cc1. The summed E-state index contributed by atoms with van der Waals surface area (Å²) in [5, 5.41) is 7.30. The Morgan fingerprint density at radius 3 is 1.82 bits per heavy atom. The van der Waals surface area contributed by atoms with E-state index in [0.717, 1.165) is 50.9 Å². The Morgan fingerprint density at radius 1 is 0.383 bits per heavy atom. The molecule has 10 aromatic carbocycles. The number of ether oxygens (including phenoxy) is 1. The van der Waals surface area contributed by atoms with Gasteiger partial charge in [-0.3, -0.25) is 0 Å². The summed E-state index contributed by atoms with van der Waals surface area (Å²) in [5.74, 6) is 1.78. The maximum absolute atomic E-state index is 6.71. The van der Waals surface area contributed by atoms with E-state index in [-0.39, 0.29) is 0 Å². The van der Waals surface area contributed by atoms with Crippen LogP contribution in [0.15, 0.2) is 218 Å². The van der Waals surface area contributed by atoms with Gasteiger partial charge in [0.2, 0.25) is 0 Å². The predicted octanol–water partition coefficient (Wildman–Crippen LogP) is 15.0. The summed E-state index contributed by atoms with van der Waals surface area (Å²) in [4.78, 5) is 2.50. The largest absolute Gasteiger partial charge is 0.457 e. The number of fused-ring (bicyclic) bond motifs is 12. The van der Waals surface area contributed by atoms with Crippen LogP contribution in [0, 0.1) is 0 Å². The number of para-hydroxylation sites is 4. The van der Waals surface area contributed by atoms with Crippen LogP contribution < -0.4 is 9.64 Å². The summed E-state index contributed by atoms with van der Waals surface area (Å²) in [7, 11) is 0. The molecule has 11 aromatic rings. The van der Waals surface area contributed by atoms with Crippen molar-refractivity contribution in [3.05, 3.63) is 241 Å². The van der Waals surface area contributed by atoms with Gasteiger partial charge in [0.05, 0.1) is 27.8 Å². The summed E-state index contributed by atoms with van der Waals surface area (Å²) >= 11 is 0. The van der Waals surface area contributed by atoms with E-state index in [1.165, 1.54) is 60.1 Å². The third-order valence-corrected chi connectivity index (χ3v) is 13.0. The molecule has 0 N–H and O–H groups in total. The second-order valence-electron chi connectivity index (χ2n) is 16.0. The average molecular weight is 765 g/mol. The van der Waals surface area contributed by atoms with Gasteiger partial charge in [-0.25, -0.2) is 0 Å². The van der Waals surface area contributed by atoms with Crippen molar-refractivity contribution in [1.29, 1.82) is 0 Å². The Bertz CT molecular complexity index is 3490. The number of benzene rings is 10. The lowest BCUT2D eigenvalue weighted by molar-refractivity contribution is 0.435. The molecule has 60 heavy (non-hydrogen) atoms. The highest BCUT2D eigenvalue weighted by molar-refractivity contribution is 6.15. The Balaban J connectivity index is 1.15. The van der Waals surface area contributed by atoms with E-state index in [1.807, 2.05) is 0 Å². The summed E-state index contributed by atoms with van der Waals surface area (Å²) in [6, 6.07) is 79.8. The molecular weight excluding hydrogens is 729 g/mol. The van der Waals surface area contributed by atoms with Crippen molar-refractivity contribution in [3.63, 3.8) is 0 Å². The molecule has 1 aliphatic carbocycles. The van der Waals surface area contributed by atoms with Crippen LogP contribution in [0.4, 0.5) is 17.1 Å². The molecule has 0 amide bonds. The van der Waals surface area contributed by atoms with E-state index in [2.05, 4.69) is 228 Å². The van der Waals surface area contributed by atoms with Crippen LogP contribution in [-0.4, -0.2) is 4.57 Å². The molecule has 0 radical (unpaired) electrons. The topological polar surface area (TPSA) is 17.4 Å². The lowest BCUT2D eigenvalue weighted by Gasteiger charge is -2.45. The molecule has 1 aliphatic heterocycles. The fraction of sp³-hybridized carbons (Fsp3) is 0.0175. The molecule has 0 unspecified atom stereocenters. The maximum atomic E-state index is 6.71. The highest BCUT2D eigenvalue weighted by atomic mass is 16.5. The first-order chi connectivity index (χ1) is 29.8. The van der Waals surface area contributed by atoms with Crippen LogP contribution in [-0.2, 0) is 5.41 Å². The van der Waals surface area contributed by atoms with Gasteiger partial charge < -0.3 is 14.2 Å². The zero-order valence-corrected chi connectivity index (χ0v) is 32.6. The van der Waals surface area contributed by atoms with Gasteiger partial charge in [-0.05, 0) is 87.6 Å². The van der Waals surface area contributed by atoms with Gasteiger partial charge in [-0.1, -0.05) is 164 Å². The lowest BCUT2D eigenvalue weighted by Crippen LogP contribution is -2.36. The van der Waals surface area contributed by atoms with Crippen molar-refractivity contribution in [1.82, 2.24) is 4.57 Å². The third-order valence-electron chi connectivity index (χ3n) is 13.0. The Morgan fingerprint density at radius 2 is 0.983 bits per heavy atom. The summed E-state index contributed by atoms with van der Waals surface area (Å²) in [6.45, 7) is 0. The number of anilines is 3. The van der Waals surface area contributed by atoms with Crippen molar-refractivity contribution in [2.24, 2.45) is 0 Å². The van der Waals surface area contributed by atoms with Crippen LogP contribution in [0.2, 0.25) is 0 Å². The molecule has 0 atom stereocenters. The predicted molar refractivity (Wildman–Crippen MR) is 248 cm³/mol. The Kier molecular flexibility index (Phi) is 6.93. The van der Waals surface area contributed by atoms with Crippen LogP contribution in [0.1, 0.15) is 22.3 Å². The molecule has 2 heterocycles. The zero-order chi connectivity index (χ0) is 39.4. The highest BCUT2D eigenvalue weighted by Gasteiger charge is 2.49. The van der Waals surface area contributed by atoms with Crippen molar-refractivity contribution in [3.8, 4) is 28.3 Å². The molecule has 3 heteroatoms. The molecule has 3 nitrogen and oxygen atoms in total. The fourth-order valence-electron chi connectivity index (χ4n) is 10.7. The van der Waals surface area contributed by atoms with Crippen LogP contribution >= 0.6 is 0 Å². The van der Waals surface area contributed by atoms with Crippen molar-refractivity contribution in [2.75, 3.05) is 4.90 Å². The van der Waals surface area contributed by atoms with E-state index < -0.39 is 5.41 Å². The van der Waals surface area contributed by atoms with Crippen molar-refractivity contribution in [2.45, 2.75) is 5.41 Å². The minimum atomic E-state index is -0.604. The number of aromatic nitrogens is 1. The first kappa shape index (κ1) is 33.1. The van der Waals surface area contributed by atoms with Crippen molar-refractivity contribution < 1.29 is 4.74 Å². The summed E-state index contributed by atoms with van der Waals surface area (Å²) < 4.78 is 9.12. The molecule has 0 saturated carbocycles. The quantitative estimate of drug-likeness (QED) is 0.178. The zero-order valence-electron chi connectivity index (χ0n) is 32.6. The standard InChI is InChI=1S/C57H36N2O/c1-2-18-38(19-3-1)58-51-28-11-7-22-42(51)43-33-32-39(36-53(43)58)59(50-29-14-17-37-16-4-5-20-40(37)50)52-35-34-44-41-21-6-8-24-46(41)57(49-27-15-23-45(52)56(44)49)47-25-9-12-30-54(47)60-55-31-13-10-26-48(55)57/h1-36H. The minimum absolute atomic E-state index is 0.604. The van der Waals surface area contributed by atoms with Crippen LogP contribution in [0.3, 0.4) is 0 Å². The summed E-state index contributed by atoms with van der Waals surface area (Å²) in [6.07, 6.45) is 0. The number of hydrogen-bond donors (Lipinski definition) is 0. The van der Waals surface area contributed by atoms with Crippen LogP contribution in [0.5, 0.6) is 11.5 Å². The second-order valence-corrected chi connectivity index (χ2v) is 16.0. The molecule has 0 saturated heterocycles. The molecule has 0 fully saturated rings. The highest BCUT2D eigenvalue weighted by Crippen LogP contribution is 2.62. The van der Waals surface area contributed by atoms with E-state index in [4.69, 9.17) is 4.74 Å². The summed E-state index contributed by atoms with van der Waals surface area (Å²) in [5.41, 5.74) is 13.6. The fourth-order valence-corrected chi connectivity index (χ4v) is 10.7. The molecule has 1 aromatic heterocycles. The first-order valence-corrected chi connectivity index (χ1v) is 20.7. The smallest absolute Gasteiger partial charge is 0.132 e. The van der Waals surface area contributed by atoms with Crippen LogP contribution in [0.25, 0.3) is 60.2 Å². The average Bonchev–Trinajstić information content (AvgIpc) is 3.65. The maximum Gasteiger partial charge on any atom is 0.132 e. The van der Waals surface area contributed by atoms with E-state index >= 15 is 0 Å². The minimum Gasteiger partial charge on any atom is -0.457 e. The number of rotatable bonds is 4. The van der Waals surface area contributed by atoms with Gasteiger partial charge in [-0.2, -0.15) is 0 Å². The van der Waals surface area contributed by atoms with Gasteiger partial charge in [0.15, 0.2) is 0 Å².